The first kappa shape index (κ1) is 24.3. The number of aryl methyl sites for hydroxylation is 1. The van der Waals surface area contributed by atoms with Crippen molar-refractivity contribution in [2.45, 2.75) is 32.1 Å². The van der Waals surface area contributed by atoms with E-state index >= 15 is 0 Å². The van der Waals surface area contributed by atoms with E-state index in [1.165, 1.54) is 87.8 Å². The van der Waals surface area contributed by atoms with Gasteiger partial charge in [0, 0.05) is 22.8 Å². The third-order valence-corrected chi connectivity index (χ3v) is 10.4. The van der Waals surface area contributed by atoms with Crippen LogP contribution in [-0.2, 0) is 11.8 Å². The van der Waals surface area contributed by atoms with Crippen molar-refractivity contribution < 1.29 is 4.42 Å². The van der Waals surface area contributed by atoms with Gasteiger partial charge in [-0.2, -0.15) is 0 Å². The lowest BCUT2D eigenvalue weighted by atomic mass is 9.78. The number of rotatable bonds is 2. The molecule has 1 heterocycles. The zero-order valence-electron chi connectivity index (χ0n) is 24.9. The van der Waals surface area contributed by atoms with Crippen LogP contribution in [0.4, 0.5) is 0 Å². The summed E-state index contributed by atoms with van der Waals surface area (Å²) in [5, 5.41) is 9.12. The molecule has 1 heteroatoms. The van der Waals surface area contributed by atoms with Crippen molar-refractivity contribution in [3.63, 3.8) is 0 Å². The SMILES string of the molecule is CC1(C)c2ccccc2-c2cccc(-c3ccc4ccc5cc(-c6ccc7oc8c(c7c6)C=CCC8)cc6ccc3c4c56)c21. The summed E-state index contributed by atoms with van der Waals surface area (Å²) < 4.78 is 6.20. The molecular weight excluding hydrogens is 532 g/mol. The summed E-state index contributed by atoms with van der Waals surface area (Å²) in [5.74, 6) is 1.11. The maximum Gasteiger partial charge on any atom is 0.134 e. The Bertz CT molecular complexity index is 2500. The number of benzene rings is 7. The zero-order valence-corrected chi connectivity index (χ0v) is 24.9. The Kier molecular flexibility index (Phi) is 4.69. The van der Waals surface area contributed by atoms with Crippen molar-refractivity contribution >= 4 is 49.4 Å². The lowest BCUT2D eigenvalue weighted by Crippen LogP contribution is -2.16. The van der Waals surface area contributed by atoms with Crippen LogP contribution in [0.2, 0.25) is 0 Å². The van der Waals surface area contributed by atoms with Crippen LogP contribution in [0.15, 0.2) is 120 Å². The molecule has 0 spiro atoms. The molecule has 0 radical (unpaired) electrons. The molecular formula is C43H30O. The topological polar surface area (TPSA) is 13.1 Å². The molecule has 0 aliphatic heterocycles. The van der Waals surface area contributed by atoms with Crippen molar-refractivity contribution in [1.82, 2.24) is 0 Å². The third kappa shape index (κ3) is 3.14. The molecule has 0 bridgehead atoms. The minimum atomic E-state index is -0.0630. The Morgan fingerprint density at radius 1 is 0.591 bits per heavy atom. The second-order valence-electron chi connectivity index (χ2n) is 13.2. The summed E-state index contributed by atoms with van der Waals surface area (Å²) in [6.45, 7) is 4.76. The van der Waals surface area contributed by atoms with Gasteiger partial charge in [0.1, 0.15) is 11.3 Å². The highest BCUT2D eigenvalue weighted by atomic mass is 16.3. The Hall–Kier alpha value is -5.14. The highest BCUT2D eigenvalue weighted by molar-refractivity contribution is 6.26. The molecule has 208 valence electrons. The predicted molar refractivity (Wildman–Crippen MR) is 186 cm³/mol. The van der Waals surface area contributed by atoms with Crippen molar-refractivity contribution in [3.05, 3.63) is 138 Å². The van der Waals surface area contributed by atoms with Gasteiger partial charge in [-0.05, 0) is 108 Å². The van der Waals surface area contributed by atoms with E-state index in [4.69, 9.17) is 4.42 Å². The molecule has 2 aliphatic rings. The first-order valence-electron chi connectivity index (χ1n) is 15.7. The number of furan rings is 1. The van der Waals surface area contributed by atoms with E-state index in [-0.39, 0.29) is 5.41 Å². The molecule has 1 aromatic heterocycles. The molecule has 7 aromatic carbocycles. The highest BCUT2D eigenvalue weighted by Crippen LogP contribution is 2.53. The van der Waals surface area contributed by atoms with Crippen LogP contribution in [0.25, 0.3) is 82.7 Å². The summed E-state index contributed by atoms with van der Waals surface area (Å²) in [7, 11) is 0. The Morgan fingerprint density at radius 3 is 2.23 bits per heavy atom. The monoisotopic (exact) mass is 562 g/mol. The molecule has 10 rings (SSSR count). The number of hydrogen-bond acceptors (Lipinski definition) is 1. The molecule has 44 heavy (non-hydrogen) atoms. The maximum absolute atomic E-state index is 6.20. The molecule has 0 atom stereocenters. The smallest absolute Gasteiger partial charge is 0.134 e. The van der Waals surface area contributed by atoms with E-state index in [2.05, 4.69) is 135 Å². The van der Waals surface area contributed by atoms with Crippen LogP contribution in [0, 0.1) is 0 Å². The van der Waals surface area contributed by atoms with E-state index in [1.54, 1.807) is 0 Å². The maximum atomic E-state index is 6.20. The van der Waals surface area contributed by atoms with Gasteiger partial charge in [0.2, 0.25) is 0 Å². The van der Waals surface area contributed by atoms with Gasteiger partial charge in [0.05, 0.1) is 0 Å². The summed E-state index contributed by atoms with van der Waals surface area (Å²) >= 11 is 0. The normalized spacial score (nSPS) is 15.0. The molecule has 0 unspecified atom stereocenters. The summed E-state index contributed by atoms with van der Waals surface area (Å²) in [4.78, 5) is 0. The fraction of sp³-hybridized carbons (Fsp3) is 0.116. The average Bonchev–Trinajstić information content (AvgIpc) is 3.55. The summed E-state index contributed by atoms with van der Waals surface area (Å²) in [6.07, 6.45) is 6.52. The lowest BCUT2D eigenvalue weighted by molar-refractivity contribution is 0.546. The van der Waals surface area contributed by atoms with Gasteiger partial charge in [0.15, 0.2) is 0 Å². The van der Waals surface area contributed by atoms with Crippen LogP contribution in [-0.4, -0.2) is 0 Å². The van der Waals surface area contributed by atoms with E-state index < -0.39 is 0 Å². The second kappa shape index (κ2) is 8.49. The molecule has 1 nitrogen and oxygen atoms in total. The van der Waals surface area contributed by atoms with Crippen LogP contribution in [0.5, 0.6) is 0 Å². The molecule has 0 fully saturated rings. The van der Waals surface area contributed by atoms with Crippen LogP contribution in [0.1, 0.15) is 42.7 Å². The largest absolute Gasteiger partial charge is 0.460 e. The van der Waals surface area contributed by atoms with Gasteiger partial charge >= 0.3 is 0 Å². The van der Waals surface area contributed by atoms with Crippen LogP contribution >= 0.6 is 0 Å². The minimum Gasteiger partial charge on any atom is -0.460 e. The van der Waals surface area contributed by atoms with Crippen LogP contribution in [0.3, 0.4) is 0 Å². The third-order valence-electron chi connectivity index (χ3n) is 10.4. The fourth-order valence-corrected chi connectivity index (χ4v) is 8.42. The van der Waals surface area contributed by atoms with E-state index in [9.17, 15) is 0 Å². The first-order chi connectivity index (χ1) is 21.6. The van der Waals surface area contributed by atoms with Crippen molar-refractivity contribution in [2.75, 3.05) is 0 Å². The Labute approximate surface area is 256 Å². The van der Waals surface area contributed by atoms with Crippen molar-refractivity contribution in [1.29, 1.82) is 0 Å². The molecule has 2 aliphatic carbocycles. The van der Waals surface area contributed by atoms with Crippen molar-refractivity contribution in [2.24, 2.45) is 0 Å². The molecule has 0 saturated carbocycles. The highest BCUT2D eigenvalue weighted by Gasteiger charge is 2.37. The second-order valence-corrected chi connectivity index (χ2v) is 13.2. The predicted octanol–water partition coefficient (Wildman–Crippen LogP) is 11.9. The minimum absolute atomic E-state index is 0.0630. The van der Waals surface area contributed by atoms with Crippen LogP contribution < -0.4 is 0 Å². The molecule has 8 aromatic rings. The van der Waals surface area contributed by atoms with Gasteiger partial charge in [-0.15, -0.1) is 0 Å². The van der Waals surface area contributed by atoms with E-state index in [0.717, 1.165) is 24.2 Å². The first-order valence-corrected chi connectivity index (χ1v) is 15.7. The van der Waals surface area contributed by atoms with Crippen molar-refractivity contribution in [3.8, 4) is 33.4 Å². The van der Waals surface area contributed by atoms with E-state index in [0.29, 0.717) is 0 Å². The Morgan fingerprint density at radius 2 is 1.34 bits per heavy atom. The van der Waals surface area contributed by atoms with Gasteiger partial charge < -0.3 is 4.42 Å². The fourth-order valence-electron chi connectivity index (χ4n) is 8.42. The zero-order chi connectivity index (χ0) is 29.2. The summed E-state index contributed by atoms with van der Waals surface area (Å²) in [6, 6.07) is 41.2. The molecule has 0 N–H and O–H groups in total. The van der Waals surface area contributed by atoms with E-state index in [1.807, 2.05) is 0 Å². The number of hydrogen-bond donors (Lipinski definition) is 0. The quantitative estimate of drug-likeness (QED) is 0.191. The Balaban J connectivity index is 1.18. The van der Waals surface area contributed by atoms with Gasteiger partial charge in [0.25, 0.3) is 0 Å². The van der Waals surface area contributed by atoms with Gasteiger partial charge in [-0.3, -0.25) is 0 Å². The standard InChI is InChI=1S/C43H30O/c1-43(2)37-12-5-3-8-31(37)35-11-7-10-34(42(35)43)30-19-16-25-14-15-27-22-29(23-28-17-20-33(30)41(25)40(27)28)26-18-21-39-36(24-26)32-9-4-6-13-38(32)44-39/h3-5,7-12,14-24H,6,13H2,1-2H3. The molecule has 0 amide bonds. The number of allylic oxidation sites excluding steroid dienone is 1. The lowest BCUT2D eigenvalue weighted by Gasteiger charge is -2.25. The average molecular weight is 563 g/mol. The molecule has 0 saturated heterocycles. The summed E-state index contributed by atoms with van der Waals surface area (Å²) in [5.41, 5.74) is 12.9. The van der Waals surface area contributed by atoms with Gasteiger partial charge in [-0.25, -0.2) is 0 Å². The number of fused-ring (bicyclic) bond motifs is 6. The van der Waals surface area contributed by atoms with Gasteiger partial charge in [-0.1, -0.05) is 111 Å².